The van der Waals surface area contributed by atoms with Gasteiger partial charge in [0.15, 0.2) is 5.13 Å². The summed E-state index contributed by atoms with van der Waals surface area (Å²) in [5.41, 5.74) is 6.17. The van der Waals surface area contributed by atoms with Gasteiger partial charge in [0, 0.05) is 21.8 Å². The lowest BCUT2D eigenvalue weighted by Gasteiger charge is -2.03. The van der Waals surface area contributed by atoms with Crippen LogP contribution in [0.2, 0.25) is 5.02 Å². The second-order valence-electron chi connectivity index (χ2n) is 3.40. The molecule has 88 valence electrons. The van der Waals surface area contributed by atoms with E-state index in [4.69, 9.17) is 17.3 Å². The fraction of sp³-hybridized carbons (Fsp3) is 0.0909. The lowest BCUT2D eigenvalue weighted by atomic mass is 10.3. The Labute approximate surface area is 107 Å². The molecule has 6 heteroatoms. The standard InChI is InChI=1S/C11H10ClN3OS/c12-7-2-1-3-8(4-7)15-10(16)5-9-6-14-11(13)17-9/h1-4,6H,5H2,(H2,13,14)(H,15,16). The van der Waals surface area contributed by atoms with Gasteiger partial charge in [0.2, 0.25) is 5.91 Å². The predicted octanol–water partition coefficient (Wildman–Crippen LogP) is 2.56. The maximum atomic E-state index is 11.7. The maximum Gasteiger partial charge on any atom is 0.229 e. The number of amides is 1. The van der Waals surface area contributed by atoms with Crippen molar-refractivity contribution in [3.05, 3.63) is 40.4 Å². The van der Waals surface area contributed by atoms with Crippen molar-refractivity contribution in [2.75, 3.05) is 11.1 Å². The number of aromatic nitrogens is 1. The summed E-state index contributed by atoms with van der Waals surface area (Å²) in [5.74, 6) is -0.115. The molecule has 0 aliphatic heterocycles. The van der Waals surface area contributed by atoms with Crippen molar-refractivity contribution in [1.29, 1.82) is 0 Å². The maximum absolute atomic E-state index is 11.7. The molecule has 2 aromatic rings. The van der Waals surface area contributed by atoms with Crippen molar-refractivity contribution >= 4 is 39.7 Å². The SMILES string of the molecule is Nc1ncc(CC(=O)Nc2cccc(Cl)c2)s1. The zero-order valence-electron chi connectivity index (χ0n) is 8.81. The van der Waals surface area contributed by atoms with E-state index >= 15 is 0 Å². The minimum absolute atomic E-state index is 0.115. The highest BCUT2D eigenvalue weighted by Gasteiger charge is 2.06. The van der Waals surface area contributed by atoms with Crippen molar-refractivity contribution < 1.29 is 4.79 Å². The van der Waals surface area contributed by atoms with Gasteiger partial charge in [-0.1, -0.05) is 17.7 Å². The van der Waals surface area contributed by atoms with Gasteiger partial charge in [-0.3, -0.25) is 4.79 Å². The van der Waals surface area contributed by atoms with Crippen molar-refractivity contribution in [3.8, 4) is 0 Å². The minimum Gasteiger partial charge on any atom is -0.375 e. The molecular weight excluding hydrogens is 258 g/mol. The first-order valence-corrected chi connectivity index (χ1v) is 6.08. The Morgan fingerprint density at radius 2 is 2.35 bits per heavy atom. The summed E-state index contributed by atoms with van der Waals surface area (Å²) in [5, 5.41) is 3.81. The Morgan fingerprint density at radius 1 is 1.53 bits per heavy atom. The topological polar surface area (TPSA) is 68.0 Å². The third kappa shape index (κ3) is 3.44. The molecule has 0 spiro atoms. The predicted molar refractivity (Wildman–Crippen MR) is 70.3 cm³/mol. The zero-order chi connectivity index (χ0) is 12.3. The average Bonchev–Trinajstić information content (AvgIpc) is 2.63. The number of rotatable bonds is 3. The van der Waals surface area contributed by atoms with Crippen LogP contribution >= 0.6 is 22.9 Å². The Bertz CT molecular complexity index is 541. The van der Waals surface area contributed by atoms with Crippen LogP contribution in [0, 0.1) is 0 Å². The molecule has 1 aromatic heterocycles. The van der Waals surface area contributed by atoms with Gasteiger partial charge in [0.05, 0.1) is 6.42 Å². The molecule has 0 fully saturated rings. The number of thiazole rings is 1. The molecule has 0 saturated heterocycles. The molecule has 1 amide bonds. The molecule has 3 N–H and O–H groups in total. The Hall–Kier alpha value is -1.59. The summed E-state index contributed by atoms with van der Waals surface area (Å²) < 4.78 is 0. The quantitative estimate of drug-likeness (QED) is 0.898. The Kier molecular flexibility index (Phi) is 3.61. The summed E-state index contributed by atoms with van der Waals surface area (Å²) in [6.07, 6.45) is 1.87. The zero-order valence-corrected chi connectivity index (χ0v) is 10.4. The molecule has 1 heterocycles. The highest BCUT2D eigenvalue weighted by atomic mass is 35.5. The molecule has 0 aliphatic carbocycles. The fourth-order valence-electron chi connectivity index (χ4n) is 1.33. The number of hydrogen-bond donors (Lipinski definition) is 2. The van der Waals surface area contributed by atoms with Crippen LogP contribution in [0.4, 0.5) is 10.8 Å². The van der Waals surface area contributed by atoms with Gasteiger partial charge in [-0.25, -0.2) is 4.98 Å². The lowest BCUT2D eigenvalue weighted by Crippen LogP contribution is -2.13. The van der Waals surface area contributed by atoms with Crippen LogP contribution in [0.15, 0.2) is 30.5 Å². The highest BCUT2D eigenvalue weighted by molar-refractivity contribution is 7.15. The normalized spacial score (nSPS) is 10.2. The fourth-order valence-corrected chi connectivity index (χ4v) is 2.21. The van der Waals surface area contributed by atoms with E-state index in [0.29, 0.717) is 15.8 Å². The smallest absolute Gasteiger partial charge is 0.229 e. The van der Waals surface area contributed by atoms with Gasteiger partial charge in [0.1, 0.15) is 0 Å². The first-order valence-electron chi connectivity index (χ1n) is 4.89. The van der Waals surface area contributed by atoms with Gasteiger partial charge in [-0.05, 0) is 18.2 Å². The second-order valence-corrected chi connectivity index (χ2v) is 4.98. The van der Waals surface area contributed by atoms with E-state index in [1.165, 1.54) is 11.3 Å². The van der Waals surface area contributed by atoms with Crippen LogP contribution in [0.5, 0.6) is 0 Å². The highest BCUT2D eigenvalue weighted by Crippen LogP contribution is 2.17. The van der Waals surface area contributed by atoms with E-state index in [1.54, 1.807) is 30.5 Å². The van der Waals surface area contributed by atoms with E-state index in [1.807, 2.05) is 0 Å². The number of nitrogens with zero attached hydrogens (tertiary/aromatic N) is 1. The number of hydrogen-bond acceptors (Lipinski definition) is 4. The lowest BCUT2D eigenvalue weighted by molar-refractivity contribution is -0.115. The molecule has 0 saturated carbocycles. The van der Waals surface area contributed by atoms with Crippen molar-refractivity contribution in [2.24, 2.45) is 0 Å². The van der Waals surface area contributed by atoms with Gasteiger partial charge in [-0.15, -0.1) is 11.3 Å². The molecule has 0 aliphatic rings. The number of anilines is 2. The van der Waals surface area contributed by atoms with E-state index in [-0.39, 0.29) is 12.3 Å². The van der Waals surface area contributed by atoms with Crippen molar-refractivity contribution in [3.63, 3.8) is 0 Å². The Balaban J connectivity index is 1.98. The van der Waals surface area contributed by atoms with Gasteiger partial charge >= 0.3 is 0 Å². The third-order valence-corrected chi connectivity index (χ3v) is 3.08. The number of nitrogens with one attached hydrogen (secondary N) is 1. The molecule has 2 rings (SSSR count). The summed E-state index contributed by atoms with van der Waals surface area (Å²) in [6, 6.07) is 7.01. The molecule has 0 radical (unpaired) electrons. The largest absolute Gasteiger partial charge is 0.375 e. The second kappa shape index (κ2) is 5.16. The van der Waals surface area contributed by atoms with Crippen LogP contribution in [-0.2, 0) is 11.2 Å². The van der Waals surface area contributed by atoms with Crippen LogP contribution in [0.3, 0.4) is 0 Å². The first-order chi connectivity index (χ1) is 8.13. The number of benzene rings is 1. The first kappa shape index (κ1) is 11.9. The van der Waals surface area contributed by atoms with E-state index in [2.05, 4.69) is 10.3 Å². The molecule has 0 bridgehead atoms. The van der Waals surface area contributed by atoms with Crippen LogP contribution in [0.1, 0.15) is 4.88 Å². The molecule has 17 heavy (non-hydrogen) atoms. The van der Waals surface area contributed by atoms with E-state index < -0.39 is 0 Å². The van der Waals surface area contributed by atoms with Gasteiger partial charge in [0.25, 0.3) is 0 Å². The third-order valence-electron chi connectivity index (χ3n) is 2.01. The molecule has 1 aromatic carbocycles. The molecular formula is C11H10ClN3OS. The van der Waals surface area contributed by atoms with Crippen molar-refractivity contribution in [1.82, 2.24) is 4.98 Å². The van der Waals surface area contributed by atoms with Crippen LogP contribution in [0.25, 0.3) is 0 Å². The summed E-state index contributed by atoms with van der Waals surface area (Å²) in [7, 11) is 0. The van der Waals surface area contributed by atoms with E-state index in [9.17, 15) is 4.79 Å². The van der Waals surface area contributed by atoms with Gasteiger partial charge in [-0.2, -0.15) is 0 Å². The number of halogens is 1. The summed E-state index contributed by atoms with van der Waals surface area (Å²) in [4.78, 5) is 16.4. The number of nitrogen functional groups attached to an aromatic ring is 1. The monoisotopic (exact) mass is 267 g/mol. The molecule has 0 atom stereocenters. The van der Waals surface area contributed by atoms with Crippen LogP contribution < -0.4 is 11.1 Å². The average molecular weight is 268 g/mol. The van der Waals surface area contributed by atoms with Crippen LogP contribution in [-0.4, -0.2) is 10.9 Å². The minimum atomic E-state index is -0.115. The number of carbonyl (C=O) groups excluding carboxylic acids is 1. The molecule has 4 nitrogen and oxygen atoms in total. The molecule has 0 unspecified atom stereocenters. The Morgan fingerprint density at radius 3 is 3.00 bits per heavy atom. The van der Waals surface area contributed by atoms with Gasteiger partial charge < -0.3 is 11.1 Å². The number of carbonyl (C=O) groups is 1. The van der Waals surface area contributed by atoms with Crippen molar-refractivity contribution in [2.45, 2.75) is 6.42 Å². The summed E-state index contributed by atoms with van der Waals surface area (Å²) >= 11 is 7.13. The number of nitrogens with two attached hydrogens (primary N) is 1. The summed E-state index contributed by atoms with van der Waals surface area (Å²) in [6.45, 7) is 0. The van der Waals surface area contributed by atoms with E-state index in [0.717, 1.165) is 4.88 Å².